The molecule has 4 aromatic rings. The zero-order chi connectivity index (χ0) is 22.5. The Bertz CT molecular complexity index is 1440. The maximum absolute atomic E-state index is 13.8. The number of aromatic amines is 1. The van der Waals surface area contributed by atoms with Crippen LogP contribution >= 0.6 is 0 Å². The average Bonchev–Trinajstić information content (AvgIpc) is 3.23. The highest BCUT2D eigenvalue weighted by molar-refractivity contribution is 7.92. The molecule has 2 aromatic carbocycles. The first-order valence-corrected chi connectivity index (χ1v) is 11.1. The monoisotopic (exact) mass is 457 g/mol. The number of hydrogen-bond acceptors (Lipinski definition) is 7. The summed E-state index contributed by atoms with van der Waals surface area (Å²) >= 11 is 0. The van der Waals surface area contributed by atoms with Gasteiger partial charge < -0.3 is 11.1 Å². The van der Waals surface area contributed by atoms with Gasteiger partial charge in [0, 0.05) is 0 Å². The summed E-state index contributed by atoms with van der Waals surface area (Å²) in [5.41, 5.74) is 7.48. The Kier molecular flexibility index (Phi) is 4.66. The van der Waals surface area contributed by atoms with Gasteiger partial charge in [0.05, 0.1) is 34.8 Å². The van der Waals surface area contributed by atoms with Crippen LogP contribution in [0.5, 0.6) is 0 Å². The number of benzene rings is 2. The van der Waals surface area contributed by atoms with Crippen molar-refractivity contribution in [2.75, 3.05) is 21.9 Å². The summed E-state index contributed by atoms with van der Waals surface area (Å²) in [5, 5.41) is 10.5. The summed E-state index contributed by atoms with van der Waals surface area (Å²) in [7, 11) is -4.17. The number of nitrogens with zero attached hydrogens (tertiary/aromatic N) is 4. The van der Waals surface area contributed by atoms with Crippen LogP contribution in [0.25, 0.3) is 11.0 Å². The molecule has 32 heavy (non-hydrogen) atoms. The zero-order valence-electron chi connectivity index (χ0n) is 16.5. The van der Waals surface area contributed by atoms with Crippen molar-refractivity contribution in [1.29, 1.82) is 0 Å². The molecule has 1 unspecified atom stereocenters. The molecule has 4 N–H and O–H groups in total. The summed E-state index contributed by atoms with van der Waals surface area (Å²) < 4.78 is 55.1. The van der Waals surface area contributed by atoms with Gasteiger partial charge in [-0.1, -0.05) is 18.2 Å². The number of hydrogen-bond donors (Lipinski definition) is 3. The number of para-hydroxylation sites is 1. The molecule has 1 aliphatic heterocycles. The number of H-pyrrole nitrogens is 1. The Morgan fingerprint density at radius 1 is 1.12 bits per heavy atom. The van der Waals surface area contributed by atoms with Crippen LogP contribution in [0.3, 0.4) is 0 Å². The number of fused-ring (bicyclic) bond motifs is 2. The Morgan fingerprint density at radius 2 is 1.94 bits per heavy atom. The van der Waals surface area contributed by atoms with Gasteiger partial charge in [0.15, 0.2) is 17.3 Å². The molecule has 3 heterocycles. The molecule has 1 aliphatic rings. The number of nitrogen functional groups attached to an aromatic ring is 1. The largest absolute Gasteiger partial charge is 0.368 e. The lowest BCUT2D eigenvalue weighted by Crippen LogP contribution is -2.45. The van der Waals surface area contributed by atoms with E-state index in [-0.39, 0.29) is 17.4 Å². The van der Waals surface area contributed by atoms with Crippen LogP contribution < -0.4 is 15.4 Å². The van der Waals surface area contributed by atoms with E-state index < -0.39 is 27.7 Å². The molecule has 0 saturated heterocycles. The van der Waals surface area contributed by atoms with Crippen molar-refractivity contribution in [2.24, 2.45) is 0 Å². The van der Waals surface area contributed by atoms with Crippen LogP contribution in [0.15, 0.2) is 53.6 Å². The third-order valence-corrected chi connectivity index (χ3v) is 7.04. The van der Waals surface area contributed by atoms with Gasteiger partial charge in [0.2, 0.25) is 5.95 Å². The van der Waals surface area contributed by atoms with Crippen molar-refractivity contribution in [2.45, 2.75) is 17.4 Å². The van der Waals surface area contributed by atoms with Crippen LogP contribution in [-0.2, 0) is 16.4 Å². The molecule has 0 fully saturated rings. The molecule has 0 bridgehead atoms. The first-order valence-electron chi connectivity index (χ1n) is 9.62. The first-order chi connectivity index (χ1) is 15.3. The van der Waals surface area contributed by atoms with Crippen molar-refractivity contribution in [1.82, 2.24) is 20.2 Å². The molecule has 164 valence electrons. The predicted octanol–water partition coefficient (Wildman–Crippen LogP) is 2.45. The molecule has 5 rings (SSSR count). The lowest BCUT2D eigenvalue weighted by molar-refractivity contribution is 0.504. The Hall–Kier alpha value is -3.80. The van der Waals surface area contributed by atoms with Crippen LogP contribution in [-0.4, -0.2) is 41.2 Å². The number of rotatable bonds is 4. The van der Waals surface area contributed by atoms with Gasteiger partial charge in [-0.2, -0.15) is 15.1 Å². The predicted molar refractivity (Wildman–Crippen MR) is 115 cm³/mol. The summed E-state index contributed by atoms with van der Waals surface area (Å²) in [4.78, 5) is 7.96. The number of sulfonamides is 1. The second-order valence-corrected chi connectivity index (χ2v) is 9.21. The molecule has 0 amide bonds. The lowest BCUT2D eigenvalue weighted by Gasteiger charge is -2.35. The fraction of sp³-hybridized carbons (Fsp3) is 0.150. The number of nitrogens with two attached hydrogens (primary N) is 1. The van der Waals surface area contributed by atoms with Crippen LogP contribution in [0, 0.1) is 11.6 Å². The lowest BCUT2D eigenvalue weighted by atomic mass is 9.99. The maximum Gasteiger partial charge on any atom is 0.264 e. The highest BCUT2D eigenvalue weighted by atomic mass is 32.2. The second kappa shape index (κ2) is 7.41. The number of anilines is 3. The minimum atomic E-state index is -4.17. The van der Waals surface area contributed by atoms with Crippen molar-refractivity contribution >= 4 is 38.5 Å². The molecule has 1 atom stereocenters. The zero-order valence-corrected chi connectivity index (χ0v) is 17.3. The first kappa shape index (κ1) is 20.1. The summed E-state index contributed by atoms with van der Waals surface area (Å²) in [5.74, 6) is -1.90. The van der Waals surface area contributed by atoms with E-state index in [0.717, 1.165) is 17.7 Å². The van der Waals surface area contributed by atoms with Crippen molar-refractivity contribution < 1.29 is 17.2 Å². The van der Waals surface area contributed by atoms with Crippen molar-refractivity contribution in [3.05, 3.63) is 65.9 Å². The Morgan fingerprint density at radius 3 is 2.75 bits per heavy atom. The molecule has 0 aliphatic carbocycles. The van der Waals surface area contributed by atoms with Crippen LogP contribution in [0.2, 0.25) is 0 Å². The van der Waals surface area contributed by atoms with E-state index >= 15 is 0 Å². The third kappa shape index (κ3) is 3.38. The van der Waals surface area contributed by atoms with Crippen molar-refractivity contribution in [3.63, 3.8) is 0 Å². The van der Waals surface area contributed by atoms with Gasteiger partial charge in [0.25, 0.3) is 10.0 Å². The highest BCUT2D eigenvalue weighted by Gasteiger charge is 2.34. The summed E-state index contributed by atoms with van der Waals surface area (Å²) in [6, 6.07) is 9.17. The minimum Gasteiger partial charge on any atom is -0.368 e. The Balaban J connectivity index is 1.54. The van der Waals surface area contributed by atoms with Gasteiger partial charge >= 0.3 is 0 Å². The third-order valence-electron chi connectivity index (χ3n) is 5.26. The fourth-order valence-electron chi connectivity index (χ4n) is 3.80. The van der Waals surface area contributed by atoms with Gasteiger partial charge in [-0.15, -0.1) is 0 Å². The van der Waals surface area contributed by atoms with Crippen LogP contribution in [0.1, 0.15) is 5.56 Å². The molecular formula is C20H17F2N7O2S. The minimum absolute atomic E-state index is 0.0294. The average molecular weight is 457 g/mol. The van der Waals surface area contributed by atoms with Gasteiger partial charge in [-0.25, -0.2) is 17.2 Å². The number of nitrogens with one attached hydrogen (secondary N) is 2. The highest BCUT2D eigenvalue weighted by Crippen LogP contribution is 2.33. The fourth-order valence-corrected chi connectivity index (χ4v) is 5.36. The van der Waals surface area contributed by atoms with Gasteiger partial charge in [0.1, 0.15) is 5.82 Å². The van der Waals surface area contributed by atoms with E-state index in [4.69, 9.17) is 5.73 Å². The van der Waals surface area contributed by atoms with Crippen LogP contribution in [0.4, 0.5) is 26.2 Å². The molecule has 0 radical (unpaired) electrons. The molecule has 12 heteroatoms. The Labute approximate surface area is 181 Å². The van der Waals surface area contributed by atoms with E-state index in [1.165, 1.54) is 4.31 Å². The standard InChI is InChI=1S/C20H17F2N7O2S/c21-15-6-5-13(8-16(15)22)32(30,31)29-10-12(7-11-3-1-2-4-17(11)29)25-18-14-9-24-28-19(14)27-20(23)26-18/h1-6,8-9,12H,7,10H2,(H4,23,24,25,26,27,28). The normalized spacial score (nSPS) is 16.2. The molecule has 2 aromatic heterocycles. The van der Waals surface area contributed by atoms with Crippen molar-refractivity contribution in [3.8, 4) is 0 Å². The summed E-state index contributed by atoms with van der Waals surface area (Å²) in [6.45, 7) is 0.0294. The van der Waals surface area contributed by atoms with E-state index in [1.54, 1.807) is 24.4 Å². The van der Waals surface area contributed by atoms with Gasteiger partial charge in [-0.3, -0.25) is 9.40 Å². The van der Waals surface area contributed by atoms with E-state index in [1.807, 2.05) is 6.07 Å². The molecule has 9 nitrogen and oxygen atoms in total. The maximum atomic E-state index is 13.8. The number of aromatic nitrogens is 4. The SMILES string of the molecule is Nc1nc(NC2Cc3ccccc3N(S(=O)(=O)c3ccc(F)c(F)c3)C2)c2cn[nH]c2n1. The topological polar surface area (TPSA) is 130 Å². The summed E-state index contributed by atoms with van der Waals surface area (Å²) in [6.07, 6.45) is 2.05. The molecule has 0 spiro atoms. The van der Waals surface area contributed by atoms with E-state index in [9.17, 15) is 17.2 Å². The second-order valence-electron chi connectivity index (χ2n) is 7.35. The number of halogens is 2. The smallest absolute Gasteiger partial charge is 0.264 e. The van der Waals surface area contributed by atoms with E-state index in [0.29, 0.717) is 35.0 Å². The van der Waals surface area contributed by atoms with Gasteiger partial charge in [-0.05, 0) is 36.2 Å². The molecule has 0 saturated carbocycles. The van der Waals surface area contributed by atoms with E-state index in [2.05, 4.69) is 25.5 Å². The quantitative estimate of drug-likeness (QED) is 0.429. The molecular weight excluding hydrogens is 440 g/mol.